The lowest BCUT2D eigenvalue weighted by Gasteiger charge is -2.21. The molecule has 0 aliphatic carbocycles. The van der Waals surface area contributed by atoms with Gasteiger partial charge in [0.15, 0.2) is 0 Å². The Labute approximate surface area is 118 Å². The molecule has 1 unspecified atom stereocenters. The van der Waals surface area contributed by atoms with Gasteiger partial charge in [-0.25, -0.2) is 17.5 Å². The van der Waals surface area contributed by atoms with Crippen molar-refractivity contribution in [3.05, 3.63) is 22.4 Å². The summed E-state index contributed by atoms with van der Waals surface area (Å²) in [5, 5.41) is 18.4. The summed E-state index contributed by atoms with van der Waals surface area (Å²) in [6.07, 6.45) is 0. The number of rotatable bonds is 5. The number of aliphatic hydroxyl groups excluding tert-OH is 1. The number of nitrogens with one attached hydrogen (secondary N) is 1. The number of nitrogens with two attached hydrogens (primary N) is 1. The Bertz CT molecular complexity index is 577. The van der Waals surface area contributed by atoms with Gasteiger partial charge in [0.05, 0.1) is 22.4 Å². The summed E-state index contributed by atoms with van der Waals surface area (Å²) in [7, 11) is -4.02. The first-order chi connectivity index (χ1) is 8.59. The van der Waals surface area contributed by atoms with Crippen molar-refractivity contribution in [2.45, 2.75) is 17.4 Å². The van der Waals surface area contributed by atoms with Crippen LogP contribution in [0.25, 0.3) is 0 Å². The van der Waals surface area contributed by atoms with Gasteiger partial charge in [0, 0.05) is 6.54 Å². The predicted octanol–water partition coefficient (Wildman–Crippen LogP) is 0.192. The summed E-state index contributed by atoms with van der Waals surface area (Å²) in [6, 6.07) is 1.91. The first kappa shape index (κ1) is 16.3. The second-order valence-corrected chi connectivity index (χ2v) is 6.87. The summed E-state index contributed by atoms with van der Waals surface area (Å²) in [6.45, 7) is 0.248. The molecule has 0 spiro atoms. The van der Waals surface area contributed by atoms with E-state index in [9.17, 15) is 17.9 Å². The number of hydrogen-bond donors (Lipinski definition) is 4. The Morgan fingerprint density at radius 2 is 2.11 bits per heavy atom. The zero-order chi connectivity index (χ0) is 14.8. The Kier molecular flexibility index (Phi) is 4.91. The number of sulfonamides is 1. The van der Waals surface area contributed by atoms with Crippen LogP contribution in [0.3, 0.4) is 0 Å². The van der Waals surface area contributed by atoms with Crippen molar-refractivity contribution in [3.63, 3.8) is 0 Å². The van der Waals surface area contributed by atoms with Crippen LogP contribution in [0.2, 0.25) is 0 Å². The monoisotopic (exact) mass is 356 g/mol. The van der Waals surface area contributed by atoms with Crippen molar-refractivity contribution in [2.75, 3.05) is 18.9 Å². The lowest BCUT2D eigenvalue weighted by Crippen LogP contribution is -2.43. The maximum Gasteiger partial charge on any atom is 0.242 e. The molecule has 108 valence electrons. The van der Waals surface area contributed by atoms with Crippen molar-refractivity contribution in [3.8, 4) is 0 Å². The number of hydrogen-bond acceptors (Lipinski definition) is 5. The van der Waals surface area contributed by atoms with Gasteiger partial charge in [0.1, 0.15) is 10.7 Å². The van der Waals surface area contributed by atoms with Gasteiger partial charge in [-0.3, -0.25) is 0 Å². The van der Waals surface area contributed by atoms with E-state index in [2.05, 4.69) is 20.7 Å². The average molecular weight is 357 g/mol. The molecule has 0 saturated heterocycles. The molecule has 0 saturated carbocycles. The second-order valence-electron chi connectivity index (χ2n) is 4.28. The molecule has 5 N–H and O–H groups in total. The van der Waals surface area contributed by atoms with Gasteiger partial charge < -0.3 is 15.9 Å². The Morgan fingerprint density at radius 1 is 1.53 bits per heavy atom. The molecule has 0 bridgehead atoms. The third-order valence-electron chi connectivity index (χ3n) is 2.33. The van der Waals surface area contributed by atoms with Gasteiger partial charge in [0.25, 0.3) is 0 Å². The fourth-order valence-corrected chi connectivity index (χ4v) is 2.95. The number of nitrogen functional groups attached to an aromatic ring is 1. The van der Waals surface area contributed by atoms with E-state index in [0.29, 0.717) is 0 Å². The molecular formula is C10H14BrFN2O4S. The summed E-state index contributed by atoms with van der Waals surface area (Å²) in [5.74, 6) is -0.682. The van der Waals surface area contributed by atoms with Crippen LogP contribution in [0.1, 0.15) is 6.92 Å². The largest absolute Gasteiger partial charge is 0.398 e. The zero-order valence-corrected chi connectivity index (χ0v) is 12.4. The molecule has 6 nitrogen and oxygen atoms in total. The third kappa shape index (κ3) is 4.11. The maximum absolute atomic E-state index is 13.2. The van der Waals surface area contributed by atoms with E-state index >= 15 is 0 Å². The minimum absolute atomic E-state index is 0.0454. The van der Waals surface area contributed by atoms with Crippen LogP contribution < -0.4 is 10.5 Å². The van der Waals surface area contributed by atoms with Crippen molar-refractivity contribution in [2.24, 2.45) is 0 Å². The summed E-state index contributed by atoms with van der Waals surface area (Å²) in [5.41, 5.74) is 3.61. The molecule has 0 heterocycles. The minimum atomic E-state index is -4.02. The molecule has 0 amide bonds. The number of halogens is 2. The fraction of sp³-hybridized carbons (Fsp3) is 0.400. The van der Waals surface area contributed by atoms with E-state index in [4.69, 9.17) is 10.8 Å². The highest BCUT2D eigenvalue weighted by Crippen LogP contribution is 2.26. The molecule has 0 radical (unpaired) electrons. The maximum atomic E-state index is 13.2. The zero-order valence-electron chi connectivity index (χ0n) is 10.0. The van der Waals surface area contributed by atoms with Crippen molar-refractivity contribution in [1.29, 1.82) is 0 Å². The lowest BCUT2D eigenvalue weighted by molar-refractivity contribution is 0.00681. The number of aliphatic hydroxyl groups is 2. The van der Waals surface area contributed by atoms with E-state index in [-0.39, 0.29) is 15.1 Å². The normalized spacial score (nSPS) is 15.2. The van der Waals surface area contributed by atoms with Gasteiger partial charge in [-0.2, -0.15) is 0 Å². The fourth-order valence-electron chi connectivity index (χ4n) is 1.16. The molecule has 0 aromatic heterocycles. The van der Waals surface area contributed by atoms with Crippen molar-refractivity contribution < 1.29 is 23.0 Å². The van der Waals surface area contributed by atoms with Gasteiger partial charge in [0.2, 0.25) is 10.0 Å². The van der Waals surface area contributed by atoms with E-state index in [1.54, 1.807) is 0 Å². The smallest absolute Gasteiger partial charge is 0.242 e. The molecule has 0 aliphatic rings. The van der Waals surface area contributed by atoms with Crippen LogP contribution in [0.15, 0.2) is 21.5 Å². The topological polar surface area (TPSA) is 113 Å². The predicted molar refractivity (Wildman–Crippen MR) is 71.4 cm³/mol. The van der Waals surface area contributed by atoms with E-state index in [1.807, 2.05) is 0 Å². The van der Waals surface area contributed by atoms with Crippen LogP contribution in [-0.4, -0.2) is 37.4 Å². The van der Waals surface area contributed by atoms with Crippen LogP contribution in [0.4, 0.5) is 10.1 Å². The SMILES string of the molecule is CC(O)(CO)CNS(=O)(=O)c1cc(Br)c(F)cc1N. The van der Waals surface area contributed by atoms with Gasteiger partial charge in [-0.15, -0.1) is 0 Å². The van der Waals surface area contributed by atoms with Crippen molar-refractivity contribution in [1.82, 2.24) is 4.72 Å². The molecule has 1 atom stereocenters. The van der Waals surface area contributed by atoms with E-state index < -0.39 is 34.6 Å². The first-order valence-electron chi connectivity index (χ1n) is 5.16. The minimum Gasteiger partial charge on any atom is -0.398 e. The standard InChI is InChI=1S/C10H14BrFN2O4S/c1-10(16,5-15)4-14-19(17,18)9-2-6(11)7(12)3-8(9)13/h2-3,14-16H,4-5,13H2,1H3. The lowest BCUT2D eigenvalue weighted by atomic mass is 10.1. The van der Waals surface area contributed by atoms with E-state index in [1.165, 1.54) is 6.92 Å². The van der Waals surface area contributed by atoms with Gasteiger partial charge in [-0.1, -0.05) is 0 Å². The highest BCUT2D eigenvalue weighted by molar-refractivity contribution is 9.10. The molecule has 0 fully saturated rings. The summed E-state index contributed by atoms with van der Waals surface area (Å²) < 4.78 is 39.1. The molecule has 1 aromatic carbocycles. The van der Waals surface area contributed by atoms with Crippen LogP contribution >= 0.6 is 15.9 Å². The Balaban J connectivity index is 3.05. The van der Waals surface area contributed by atoms with Crippen LogP contribution in [0.5, 0.6) is 0 Å². The second kappa shape index (κ2) is 5.71. The molecule has 0 aliphatic heterocycles. The number of anilines is 1. The third-order valence-corrected chi connectivity index (χ3v) is 4.39. The van der Waals surface area contributed by atoms with Crippen LogP contribution in [-0.2, 0) is 10.0 Å². The van der Waals surface area contributed by atoms with E-state index in [0.717, 1.165) is 12.1 Å². The molecule has 1 aromatic rings. The molecule has 1 rings (SSSR count). The molecule has 9 heteroatoms. The van der Waals surface area contributed by atoms with Gasteiger partial charge in [-0.05, 0) is 35.0 Å². The molecular weight excluding hydrogens is 343 g/mol. The quantitative estimate of drug-likeness (QED) is 0.562. The van der Waals surface area contributed by atoms with Crippen molar-refractivity contribution >= 4 is 31.6 Å². The first-order valence-corrected chi connectivity index (χ1v) is 7.44. The average Bonchev–Trinajstić information content (AvgIpc) is 2.31. The number of benzene rings is 1. The van der Waals surface area contributed by atoms with Gasteiger partial charge >= 0.3 is 0 Å². The highest BCUT2D eigenvalue weighted by atomic mass is 79.9. The molecule has 19 heavy (non-hydrogen) atoms. The van der Waals surface area contributed by atoms with Crippen LogP contribution in [0, 0.1) is 5.82 Å². The Hall–Kier alpha value is -0.740. The summed E-state index contributed by atoms with van der Waals surface area (Å²) >= 11 is 2.86. The summed E-state index contributed by atoms with van der Waals surface area (Å²) in [4.78, 5) is -0.311. The highest BCUT2D eigenvalue weighted by Gasteiger charge is 2.25. The Morgan fingerprint density at radius 3 is 2.63 bits per heavy atom.